The van der Waals surface area contributed by atoms with Gasteiger partial charge in [0.2, 0.25) is 5.91 Å². The minimum Gasteiger partial charge on any atom is -0.493 e. The van der Waals surface area contributed by atoms with Crippen LogP contribution in [0.3, 0.4) is 0 Å². The van der Waals surface area contributed by atoms with Crippen LogP contribution in [-0.2, 0) is 24.4 Å². The largest absolute Gasteiger partial charge is 0.493 e. The van der Waals surface area contributed by atoms with Gasteiger partial charge < -0.3 is 14.4 Å². The van der Waals surface area contributed by atoms with Gasteiger partial charge in [0, 0.05) is 52.2 Å². The molecule has 0 N–H and O–H groups in total. The number of ether oxygens (including phenoxy) is 2. The van der Waals surface area contributed by atoms with Gasteiger partial charge in [-0.05, 0) is 36.8 Å². The molecule has 1 aliphatic rings. The number of aryl methyl sites for hydroxylation is 2. The van der Waals surface area contributed by atoms with E-state index < -0.39 is 0 Å². The van der Waals surface area contributed by atoms with E-state index in [1.807, 2.05) is 54.3 Å². The molecule has 0 aliphatic carbocycles. The third kappa shape index (κ3) is 4.75. The van der Waals surface area contributed by atoms with Gasteiger partial charge in [0.25, 0.3) is 0 Å². The highest BCUT2D eigenvalue weighted by molar-refractivity contribution is 5.78. The normalized spacial score (nSPS) is 14.6. The molecule has 3 aromatic rings. The Kier molecular flexibility index (Phi) is 7.03. The number of methoxy groups -OCH3 is 2. The van der Waals surface area contributed by atoms with Crippen LogP contribution in [0.15, 0.2) is 47.3 Å². The van der Waals surface area contributed by atoms with E-state index in [2.05, 4.69) is 4.90 Å². The van der Waals surface area contributed by atoms with Gasteiger partial charge in [0.1, 0.15) is 0 Å². The van der Waals surface area contributed by atoms with Crippen molar-refractivity contribution in [3.05, 3.63) is 58.5 Å². The molecule has 0 unspecified atom stereocenters. The Bertz CT molecular complexity index is 1170. The lowest BCUT2D eigenvalue weighted by atomic mass is 10.1. The Morgan fingerprint density at radius 1 is 0.909 bits per heavy atom. The van der Waals surface area contributed by atoms with Crippen LogP contribution in [0.4, 0.5) is 0 Å². The summed E-state index contributed by atoms with van der Waals surface area (Å²) in [5.74, 6) is 1.54. The van der Waals surface area contributed by atoms with Crippen LogP contribution in [0.1, 0.15) is 18.9 Å². The fraction of sp³-hybridized carbons (Fsp3) is 0.440. The van der Waals surface area contributed by atoms with Gasteiger partial charge >= 0.3 is 5.69 Å². The highest BCUT2D eigenvalue weighted by atomic mass is 16.5. The Labute approximate surface area is 193 Å². The zero-order valence-electron chi connectivity index (χ0n) is 19.6. The predicted molar refractivity (Wildman–Crippen MR) is 128 cm³/mol. The summed E-state index contributed by atoms with van der Waals surface area (Å²) in [7, 11) is 3.27. The second-order valence-electron chi connectivity index (χ2n) is 8.26. The minimum atomic E-state index is -0.0498. The number of carbonyl (C=O) groups excluding carboxylic acids is 1. The topological polar surface area (TPSA) is 68.9 Å². The van der Waals surface area contributed by atoms with Crippen LogP contribution in [-0.4, -0.2) is 65.2 Å². The molecule has 8 heteroatoms. The van der Waals surface area contributed by atoms with E-state index in [9.17, 15) is 9.59 Å². The average molecular weight is 453 g/mol. The van der Waals surface area contributed by atoms with Crippen molar-refractivity contribution in [2.24, 2.45) is 0 Å². The first-order chi connectivity index (χ1) is 16.0. The van der Waals surface area contributed by atoms with Gasteiger partial charge in [-0.2, -0.15) is 0 Å². The second-order valence-corrected chi connectivity index (χ2v) is 8.26. The Morgan fingerprint density at radius 2 is 1.58 bits per heavy atom. The Balaban J connectivity index is 1.33. The van der Waals surface area contributed by atoms with Gasteiger partial charge in [-0.1, -0.05) is 18.2 Å². The fourth-order valence-corrected chi connectivity index (χ4v) is 4.55. The first kappa shape index (κ1) is 22.9. The van der Waals surface area contributed by atoms with Crippen molar-refractivity contribution in [3.8, 4) is 11.5 Å². The molecule has 0 spiro atoms. The molecular formula is C25H32N4O4. The predicted octanol–water partition coefficient (Wildman–Crippen LogP) is 2.57. The number of hydrogen-bond acceptors (Lipinski definition) is 5. The lowest BCUT2D eigenvalue weighted by molar-refractivity contribution is -0.133. The number of aromatic nitrogens is 2. The average Bonchev–Trinajstić information content (AvgIpc) is 3.13. The van der Waals surface area contributed by atoms with E-state index in [4.69, 9.17) is 9.47 Å². The van der Waals surface area contributed by atoms with Crippen LogP contribution in [0, 0.1) is 0 Å². The van der Waals surface area contributed by atoms with Gasteiger partial charge in [-0.25, -0.2) is 4.79 Å². The molecule has 1 aromatic heterocycles. The second kappa shape index (κ2) is 10.1. The van der Waals surface area contributed by atoms with Crippen LogP contribution in [0.5, 0.6) is 11.5 Å². The summed E-state index contributed by atoms with van der Waals surface area (Å²) >= 11 is 0. The molecule has 0 saturated carbocycles. The molecule has 8 nitrogen and oxygen atoms in total. The van der Waals surface area contributed by atoms with E-state index in [1.165, 1.54) is 0 Å². The number of para-hydroxylation sites is 2. The van der Waals surface area contributed by atoms with Crippen molar-refractivity contribution < 1.29 is 14.3 Å². The molecule has 1 amide bonds. The molecular weight excluding hydrogens is 420 g/mol. The number of nitrogens with zero attached hydrogens (tertiary/aromatic N) is 4. The number of hydrogen-bond donors (Lipinski definition) is 0. The molecule has 2 aromatic carbocycles. The van der Waals surface area contributed by atoms with Gasteiger partial charge in [0.15, 0.2) is 11.5 Å². The Morgan fingerprint density at radius 3 is 2.21 bits per heavy atom. The van der Waals surface area contributed by atoms with E-state index in [0.29, 0.717) is 32.6 Å². The number of amides is 1. The maximum atomic E-state index is 12.9. The van der Waals surface area contributed by atoms with E-state index >= 15 is 0 Å². The Hall–Kier alpha value is -3.26. The summed E-state index contributed by atoms with van der Waals surface area (Å²) in [6, 6.07) is 13.7. The van der Waals surface area contributed by atoms with Crippen molar-refractivity contribution in [3.63, 3.8) is 0 Å². The van der Waals surface area contributed by atoms with Crippen molar-refractivity contribution in [1.29, 1.82) is 0 Å². The minimum absolute atomic E-state index is 0.0498. The van der Waals surface area contributed by atoms with E-state index in [0.717, 1.165) is 47.7 Å². The monoisotopic (exact) mass is 452 g/mol. The zero-order chi connectivity index (χ0) is 23.4. The summed E-state index contributed by atoms with van der Waals surface area (Å²) in [6.45, 7) is 6.79. The number of rotatable bonds is 8. The molecule has 0 atom stereocenters. The number of piperazine rings is 1. The molecule has 2 heterocycles. The molecule has 4 rings (SSSR count). The fourth-order valence-electron chi connectivity index (χ4n) is 4.55. The highest BCUT2D eigenvalue weighted by Crippen LogP contribution is 2.28. The molecule has 176 valence electrons. The number of fused-ring (bicyclic) bond motifs is 1. The third-order valence-corrected chi connectivity index (χ3v) is 6.37. The number of carbonyl (C=O) groups is 1. The quantitative estimate of drug-likeness (QED) is 0.526. The third-order valence-electron chi connectivity index (χ3n) is 6.37. The van der Waals surface area contributed by atoms with Crippen molar-refractivity contribution in [1.82, 2.24) is 18.9 Å². The standard InChI is InChI=1S/C25H32N4O4/c1-4-28-20-7-5-6-8-21(20)29(25(28)31)12-11-24(30)27-15-13-26(14-16-27)18-19-9-10-22(32-2)23(17-19)33-3/h5-10,17H,4,11-16,18H2,1-3H3. The number of imidazole rings is 1. The summed E-state index contributed by atoms with van der Waals surface area (Å²) in [4.78, 5) is 29.9. The van der Waals surface area contributed by atoms with E-state index in [-0.39, 0.29) is 11.6 Å². The lowest BCUT2D eigenvalue weighted by Gasteiger charge is -2.35. The van der Waals surface area contributed by atoms with Crippen molar-refractivity contribution >= 4 is 16.9 Å². The maximum absolute atomic E-state index is 12.9. The van der Waals surface area contributed by atoms with Gasteiger partial charge in [-0.15, -0.1) is 0 Å². The molecule has 1 fully saturated rings. The van der Waals surface area contributed by atoms with Gasteiger partial charge in [0.05, 0.1) is 25.3 Å². The molecule has 1 saturated heterocycles. The molecule has 33 heavy (non-hydrogen) atoms. The summed E-state index contributed by atoms with van der Waals surface area (Å²) in [6.07, 6.45) is 0.327. The smallest absolute Gasteiger partial charge is 0.329 e. The molecule has 1 aliphatic heterocycles. The summed E-state index contributed by atoms with van der Waals surface area (Å²) in [5.41, 5.74) is 2.91. The van der Waals surface area contributed by atoms with Crippen molar-refractivity contribution in [2.75, 3.05) is 40.4 Å². The summed E-state index contributed by atoms with van der Waals surface area (Å²) < 4.78 is 14.2. The molecule has 0 radical (unpaired) electrons. The first-order valence-corrected chi connectivity index (χ1v) is 11.4. The van der Waals surface area contributed by atoms with Gasteiger partial charge in [-0.3, -0.25) is 18.8 Å². The lowest BCUT2D eigenvalue weighted by Crippen LogP contribution is -2.48. The SMILES string of the molecule is CCn1c(=O)n(CCC(=O)N2CCN(Cc3ccc(OC)c(OC)c3)CC2)c2ccccc21. The summed E-state index contributed by atoms with van der Waals surface area (Å²) in [5, 5.41) is 0. The molecule has 0 bridgehead atoms. The number of benzene rings is 2. The van der Waals surface area contributed by atoms with Crippen LogP contribution in [0.25, 0.3) is 11.0 Å². The van der Waals surface area contributed by atoms with Crippen LogP contribution in [0.2, 0.25) is 0 Å². The van der Waals surface area contributed by atoms with Crippen molar-refractivity contribution in [2.45, 2.75) is 33.0 Å². The van der Waals surface area contributed by atoms with Crippen LogP contribution >= 0.6 is 0 Å². The highest BCUT2D eigenvalue weighted by Gasteiger charge is 2.22. The zero-order valence-corrected chi connectivity index (χ0v) is 19.6. The van der Waals surface area contributed by atoms with Crippen LogP contribution < -0.4 is 15.2 Å². The maximum Gasteiger partial charge on any atom is 0.329 e. The first-order valence-electron chi connectivity index (χ1n) is 11.4. The van der Waals surface area contributed by atoms with E-state index in [1.54, 1.807) is 23.4 Å².